The molecule has 2 aromatic rings. The number of fused-ring (bicyclic) bond motifs is 1. The number of carbonyl (C=O) groups is 1. The third-order valence-electron chi connectivity index (χ3n) is 2.36. The van der Waals surface area contributed by atoms with Crippen LogP contribution in [0.2, 0.25) is 0 Å². The van der Waals surface area contributed by atoms with Gasteiger partial charge in [0.2, 0.25) is 0 Å². The molecule has 0 fully saturated rings. The Bertz CT molecular complexity index is 502. The maximum atomic E-state index is 11.1. The maximum absolute atomic E-state index is 11.1. The largest absolute Gasteiger partial charge is 0.478 e. The minimum atomic E-state index is -0.952. The zero-order chi connectivity index (χ0) is 10.8. The molecule has 2 aromatic heterocycles. The van der Waals surface area contributed by atoms with Gasteiger partial charge in [-0.15, -0.1) is 0 Å². The SMILES string of the molecule is O=C(O)c1c(CCO)cn2ccccc12. The first-order valence-corrected chi connectivity index (χ1v) is 4.66. The third-order valence-corrected chi connectivity index (χ3v) is 2.36. The van der Waals surface area contributed by atoms with Gasteiger partial charge >= 0.3 is 5.97 Å². The van der Waals surface area contributed by atoms with Gasteiger partial charge in [0, 0.05) is 19.0 Å². The van der Waals surface area contributed by atoms with Crippen molar-refractivity contribution in [3.05, 3.63) is 41.7 Å². The fraction of sp³-hybridized carbons (Fsp3) is 0.182. The molecule has 15 heavy (non-hydrogen) atoms. The standard InChI is InChI=1S/C11H11NO3/c13-6-4-8-7-12-5-2-1-3-9(12)10(8)11(14)15/h1-3,5,7,13H,4,6H2,(H,14,15). The van der Waals surface area contributed by atoms with Gasteiger partial charge < -0.3 is 14.6 Å². The molecule has 0 aromatic carbocycles. The average Bonchev–Trinajstić information content (AvgIpc) is 2.56. The lowest BCUT2D eigenvalue weighted by Gasteiger charge is -1.96. The van der Waals surface area contributed by atoms with E-state index < -0.39 is 5.97 Å². The number of aliphatic hydroxyl groups is 1. The van der Waals surface area contributed by atoms with Crippen LogP contribution in [0.4, 0.5) is 0 Å². The van der Waals surface area contributed by atoms with Crippen LogP contribution in [0.3, 0.4) is 0 Å². The van der Waals surface area contributed by atoms with Crippen molar-refractivity contribution in [3.63, 3.8) is 0 Å². The predicted octanol–water partition coefficient (Wildman–Crippen LogP) is 1.17. The number of hydrogen-bond acceptors (Lipinski definition) is 2. The molecule has 0 saturated heterocycles. The fourth-order valence-corrected chi connectivity index (χ4v) is 1.73. The molecule has 0 bridgehead atoms. The van der Waals surface area contributed by atoms with Crippen LogP contribution >= 0.6 is 0 Å². The number of pyridine rings is 1. The number of nitrogens with zero attached hydrogens (tertiary/aromatic N) is 1. The Labute approximate surface area is 86.4 Å². The zero-order valence-corrected chi connectivity index (χ0v) is 8.05. The molecular formula is C11H11NO3. The maximum Gasteiger partial charge on any atom is 0.338 e. The summed E-state index contributed by atoms with van der Waals surface area (Å²) in [5.41, 5.74) is 1.61. The van der Waals surface area contributed by atoms with Crippen LogP contribution in [-0.2, 0) is 6.42 Å². The second-order valence-corrected chi connectivity index (χ2v) is 3.30. The number of carboxylic acids is 1. The molecule has 78 valence electrons. The second kappa shape index (κ2) is 3.74. The Hall–Kier alpha value is -1.81. The molecule has 0 atom stereocenters. The number of rotatable bonds is 3. The Kier molecular flexibility index (Phi) is 2.43. The molecule has 2 N–H and O–H groups in total. The third kappa shape index (κ3) is 1.59. The molecule has 0 aliphatic rings. The Balaban J connectivity index is 2.69. The zero-order valence-electron chi connectivity index (χ0n) is 8.05. The monoisotopic (exact) mass is 205 g/mol. The number of carboxylic acid groups (broad SMARTS) is 1. The molecule has 4 heteroatoms. The summed E-state index contributed by atoms with van der Waals surface area (Å²) in [6.07, 6.45) is 3.90. The summed E-state index contributed by atoms with van der Waals surface area (Å²) < 4.78 is 1.76. The Morgan fingerprint density at radius 1 is 1.40 bits per heavy atom. The molecular weight excluding hydrogens is 194 g/mol. The van der Waals surface area contributed by atoms with Crippen LogP contribution in [0, 0.1) is 0 Å². The van der Waals surface area contributed by atoms with E-state index in [-0.39, 0.29) is 12.2 Å². The summed E-state index contributed by atoms with van der Waals surface area (Å²) in [4.78, 5) is 11.1. The molecule has 4 nitrogen and oxygen atoms in total. The smallest absolute Gasteiger partial charge is 0.338 e. The topological polar surface area (TPSA) is 61.9 Å². The van der Waals surface area contributed by atoms with E-state index in [4.69, 9.17) is 10.2 Å². The van der Waals surface area contributed by atoms with Crippen LogP contribution in [0.1, 0.15) is 15.9 Å². The van der Waals surface area contributed by atoms with Crippen LogP contribution in [-0.4, -0.2) is 27.2 Å². The van der Waals surface area contributed by atoms with E-state index in [2.05, 4.69) is 0 Å². The Morgan fingerprint density at radius 3 is 2.87 bits per heavy atom. The first-order valence-electron chi connectivity index (χ1n) is 4.66. The molecule has 0 saturated carbocycles. The van der Waals surface area contributed by atoms with Gasteiger partial charge in [0.1, 0.15) is 0 Å². The summed E-state index contributed by atoms with van der Waals surface area (Å²) >= 11 is 0. The highest BCUT2D eigenvalue weighted by Crippen LogP contribution is 2.18. The van der Waals surface area contributed by atoms with Crippen molar-refractivity contribution in [2.75, 3.05) is 6.61 Å². The highest BCUT2D eigenvalue weighted by molar-refractivity contribution is 5.97. The van der Waals surface area contributed by atoms with E-state index in [9.17, 15) is 4.79 Å². The molecule has 2 rings (SSSR count). The fourth-order valence-electron chi connectivity index (χ4n) is 1.73. The van der Waals surface area contributed by atoms with E-state index >= 15 is 0 Å². The van der Waals surface area contributed by atoms with Crippen LogP contribution < -0.4 is 0 Å². The van der Waals surface area contributed by atoms with Crippen LogP contribution in [0.15, 0.2) is 30.6 Å². The van der Waals surface area contributed by atoms with Crippen molar-refractivity contribution in [3.8, 4) is 0 Å². The van der Waals surface area contributed by atoms with E-state index in [0.29, 0.717) is 17.5 Å². The van der Waals surface area contributed by atoms with Crippen molar-refractivity contribution < 1.29 is 15.0 Å². The molecule has 0 unspecified atom stereocenters. The normalized spacial score (nSPS) is 10.7. The van der Waals surface area contributed by atoms with E-state index in [1.807, 2.05) is 6.07 Å². The van der Waals surface area contributed by atoms with Gasteiger partial charge in [0.25, 0.3) is 0 Å². The van der Waals surface area contributed by atoms with Gasteiger partial charge in [-0.1, -0.05) is 6.07 Å². The van der Waals surface area contributed by atoms with Crippen molar-refractivity contribution in [1.82, 2.24) is 4.40 Å². The van der Waals surface area contributed by atoms with Gasteiger partial charge in [-0.05, 0) is 24.1 Å². The first kappa shape index (κ1) is 9.73. The van der Waals surface area contributed by atoms with E-state index in [1.165, 1.54) is 0 Å². The minimum Gasteiger partial charge on any atom is -0.478 e. The van der Waals surface area contributed by atoms with E-state index in [1.54, 1.807) is 28.9 Å². The lowest BCUT2D eigenvalue weighted by atomic mass is 10.1. The molecule has 0 spiro atoms. The van der Waals surface area contributed by atoms with Gasteiger partial charge in [-0.25, -0.2) is 4.79 Å². The van der Waals surface area contributed by atoms with Crippen LogP contribution in [0.5, 0.6) is 0 Å². The second-order valence-electron chi connectivity index (χ2n) is 3.30. The highest BCUT2D eigenvalue weighted by Gasteiger charge is 2.15. The first-order chi connectivity index (χ1) is 7.24. The highest BCUT2D eigenvalue weighted by atomic mass is 16.4. The average molecular weight is 205 g/mol. The number of hydrogen-bond donors (Lipinski definition) is 2. The van der Waals surface area contributed by atoms with Crippen molar-refractivity contribution in [2.45, 2.75) is 6.42 Å². The van der Waals surface area contributed by atoms with E-state index in [0.717, 1.165) is 0 Å². The summed E-state index contributed by atoms with van der Waals surface area (Å²) in [5.74, 6) is -0.952. The van der Waals surface area contributed by atoms with Gasteiger partial charge in [-0.2, -0.15) is 0 Å². The molecule has 2 heterocycles. The van der Waals surface area contributed by atoms with Gasteiger partial charge in [-0.3, -0.25) is 0 Å². The van der Waals surface area contributed by atoms with Gasteiger partial charge in [0.05, 0.1) is 11.1 Å². The summed E-state index contributed by atoms with van der Waals surface area (Å²) in [6.45, 7) is -0.0445. The number of aromatic nitrogens is 1. The predicted molar refractivity (Wildman–Crippen MR) is 55.1 cm³/mol. The summed E-state index contributed by atoms with van der Waals surface area (Å²) in [7, 11) is 0. The summed E-state index contributed by atoms with van der Waals surface area (Å²) in [5, 5.41) is 17.9. The number of aromatic carboxylic acids is 1. The lowest BCUT2D eigenvalue weighted by molar-refractivity contribution is 0.0698. The quantitative estimate of drug-likeness (QED) is 0.790. The lowest BCUT2D eigenvalue weighted by Crippen LogP contribution is -2.01. The molecule has 0 amide bonds. The molecule has 0 radical (unpaired) electrons. The van der Waals surface area contributed by atoms with Crippen LogP contribution in [0.25, 0.3) is 5.52 Å². The summed E-state index contributed by atoms with van der Waals surface area (Å²) in [6, 6.07) is 5.39. The van der Waals surface area contributed by atoms with Crippen molar-refractivity contribution in [2.24, 2.45) is 0 Å². The van der Waals surface area contributed by atoms with Crippen molar-refractivity contribution in [1.29, 1.82) is 0 Å². The Morgan fingerprint density at radius 2 is 2.20 bits per heavy atom. The number of aliphatic hydroxyl groups excluding tert-OH is 1. The van der Waals surface area contributed by atoms with Gasteiger partial charge in [0.15, 0.2) is 0 Å². The minimum absolute atomic E-state index is 0.0445. The molecule has 0 aliphatic carbocycles. The van der Waals surface area contributed by atoms with Crippen molar-refractivity contribution >= 4 is 11.5 Å². The molecule has 0 aliphatic heterocycles.